The summed E-state index contributed by atoms with van der Waals surface area (Å²) >= 11 is 0. The highest BCUT2D eigenvalue weighted by molar-refractivity contribution is 5.83. The summed E-state index contributed by atoms with van der Waals surface area (Å²) in [6, 6.07) is 13.3. The van der Waals surface area contributed by atoms with E-state index in [0.29, 0.717) is 48.0 Å². The smallest absolute Gasteiger partial charge is 0.253 e. The number of rotatable bonds is 7. The molecule has 2 atom stereocenters. The molecule has 0 bridgehead atoms. The van der Waals surface area contributed by atoms with E-state index in [1.807, 2.05) is 36.4 Å². The van der Waals surface area contributed by atoms with Crippen LogP contribution in [0.4, 0.5) is 5.69 Å². The Hall–Kier alpha value is -4.16. The Morgan fingerprint density at radius 1 is 1.10 bits per heavy atom. The fourth-order valence-electron chi connectivity index (χ4n) is 5.88. The van der Waals surface area contributed by atoms with Crippen molar-refractivity contribution in [3.05, 3.63) is 64.2 Å². The van der Waals surface area contributed by atoms with Gasteiger partial charge in [-0.25, -0.2) is 4.68 Å². The van der Waals surface area contributed by atoms with Gasteiger partial charge in [-0.05, 0) is 47.5 Å². The zero-order valence-electron chi connectivity index (χ0n) is 22.3. The molecule has 0 saturated carbocycles. The molecule has 12 nitrogen and oxygen atoms in total. The van der Waals surface area contributed by atoms with Crippen molar-refractivity contribution in [3.8, 4) is 17.2 Å². The van der Waals surface area contributed by atoms with Crippen LogP contribution in [-0.2, 0) is 11.3 Å². The number of aromatic nitrogens is 5. The molecule has 4 aromatic rings. The summed E-state index contributed by atoms with van der Waals surface area (Å²) in [5.41, 5.74) is 2.21. The van der Waals surface area contributed by atoms with E-state index in [9.17, 15) is 4.79 Å². The average molecular weight is 546 g/mol. The number of hydrogen-bond donors (Lipinski definition) is 1. The van der Waals surface area contributed by atoms with Crippen molar-refractivity contribution >= 4 is 16.6 Å². The molecule has 1 N–H and O–H groups in total. The van der Waals surface area contributed by atoms with E-state index in [1.54, 1.807) is 11.8 Å². The van der Waals surface area contributed by atoms with E-state index in [2.05, 4.69) is 36.4 Å². The van der Waals surface area contributed by atoms with Crippen molar-refractivity contribution in [2.45, 2.75) is 31.5 Å². The second kappa shape index (κ2) is 10.4. The third-order valence-electron chi connectivity index (χ3n) is 7.96. The maximum absolute atomic E-state index is 13.6. The number of pyridine rings is 1. The quantitative estimate of drug-likeness (QED) is 0.371. The largest absolute Gasteiger partial charge is 0.497 e. The van der Waals surface area contributed by atoms with Crippen LogP contribution in [-0.4, -0.2) is 82.9 Å². The Balaban J connectivity index is 1.25. The van der Waals surface area contributed by atoms with E-state index in [-0.39, 0.29) is 18.5 Å². The van der Waals surface area contributed by atoms with Gasteiger partial charge >= 0.3 is 0 Å². The van der Waals surface area contributed by atoms with Gasteiger partial charge in [-0.3, -0.25) is 9.69 Å². The van der Waals surface area contributed by atoms with Gasteiger partial charge in [0.15, 0.2) is 17.3 Å². The second-order valence-electron chi connectivity index (χ2n) is 10.3. The summed E-state index contributed by atoms with van der Waals surface area (Å²) in [7, 11) is 1.68. The van der Waals surface area contributed by atoms with Crippen LogP contribution in [0.5, 0.6) is 17.2 Å². The van der Waals surface area contributed by atoms with Crippen molar-refractivity contribution in [1.29, 1.82) is 0 Å². The Bertz CT molecular complexity index is 1570. The molecule has 0 unspecified atom stereocenters. The third-order valence-corrected chi connectivity index (χ3v) is 7.96. The Labute approximate surface area is 230 Å². The SMILES string of the molecule is COc1cccc(N2CCN([C@H](c3cc4cc5c(cc4[nH]c3=O)OCO5)c3nnnn3C[C@H]3CCCO3)CC2)c1. The van der Waals surface area contributed by atoms with Gasteiger partial charge in [0.25, 0.3) is 5.56 Å². The molecule has 12 heteroatoms. The highest BCUT2D eigenvalue weighted by Gasteiger charge is 2.34. The molecule has 2 aromatic heterocycles. The fraction of sp³-hybridized carbons (Fsp3) is 0.429. The molecular weight excluding hydrogens is 514 g/mol. The summed E-state index contributed by atoms with van der Waals surface area (Å²) in [4.78, 5) is 21.3. The second-order valence-corrected chi connectivity index (χ2v) is 10.3. The Kier molecular flexibility index (Phi) is 6.48. The lowest BCUT2D eigenvalue weighted by atomic mass is 10.0. The normalized spacial score (nSPS) is 19.8. The van der Waals surface area contributed by atoms with Crippen LogP contribution in [0.1, 0.15) is 30.3 Å². The fourth-order valence-corrected chi connectivity index (χ4v) is 5.88. The zero-order valence-corrected chi connectivity index (χ0v) is 22.3. The maximum atomic E-state index is 13.6. The standard InChI is InChI=1S/C28H31N7O5/c1-37-20-5-2-4-19(14-20)33-7-9-34(10-8-33)26(27-30-31-32-35(27)16-21-6-3-11-38-21)22-12-18-13-24-25(40-17-39-24)15-23(18)29-28(22)36/h2,4-5,12-15,21,26H,3,6-11,16-17H2,1H3,(H,29,36)/t21-,26-/m1/s1. The number of H-pyrrole nitrogens is 1. The van der Waals surface area contributed by atoms with E-state index >= 15 is 0 Å². The first-order valence-electron chi connectivity index (χ1n) is 13.6. The van der Waals surface area contributed by atoms with E-state index in [4.69, 9.17) is 18.9 Å². The van der Waals surface area contributed by atoms with Crippen LogP contribution in [0.25, 0.3) is 10.9 Å². The number of anilines is 1. The predicted octanol–water partition coefficient (Wildman–Crippen LogP) is 2.34. The number of piperazine rings is 1. The van der Waals surface area contributed by atoms with Crippen molar-refractivity contribution in [3.63, 3.8) is 0 Å². The third kappa shape index (κ3) is 4.62. The number of benzene rings is 2. The molecule has 0 aliphatic carbocycles. The van der Waals surface area contributed by atoms with Crippen LogP contribution in [0.3, 0.4) is 0 Å². The first-order valence-corrected chi connectivity index (χ1v) is 13.6. The highest BCUT2D eigenvalue weighted by Crippen LogP contribution is 2.36. The van der Waals surface area contributed by atoms with Gasteiger partial charge in [-0.15, -0.1) is 5.10 Å². The van der Waals surface area contributed by atoms with Gasteiger partial charge in [-0.1, -0.05) is 6.07 Å². The van der Waals surface area contributed by atoms with Crippen LogP contribution in [0, 0.1) is 0 Å². The lowest BCUT2D eigenvalue weighted by Crippen LogP contribution is -2.49. The molecule has 3 aliphatic rings. The minimum Gasteiger partial charge on any atom is -0.497 e. The summed E-state index contributed by atoms with van der Waals surface area (Å²) in [6.07, 6.45) is 2.05. The van der Waals surface area contributed by atoms with Gasteiger partial charge < -0.3 is 28.8 Å². The average Bonchev–Trinajstić information content (AvgIpc) is 3.76. The van der Waals surface area contributed by atoms with Crippen molar-refractivity contribution in [2.24, 2.45) is 0 Å². The number of methoxy groups -OCH3 is 1. The topological polar surface area (TPSA) is 120 Å². The molecule has 5 heterocycles. The van der Waals surface area contributed by atoms with E-state index in [1.165, 1.54) is 0 Å². The molecule has 0 amide bonds. The summed E-state index contributed by atoms with van der Waals surface area (Å²) in [5, 5.41) is 13.7. The molecule has 2 fully saturated rings. The summed E-state index contributed by atoms with van der Waals surface area (Å²) in [5.74, 6) is 2.75. The molecule has 40 heavy (non-hydrogen) atoms. The number of nitrogens with zero attached hydrogens (tertiary/aromatic N) is 6. The number of aromatic amines is 1. The Morgan fingerprint density at radius 2 is 1.95 bits per heavy atom. The van der Waals surface area contributed by atoms with Gasteiger partial charge in [0, 0.05) is 61.6 Å². The van der Waals surface area contributed by atoms with Crippen molar-refractivity contribution in [2.75, 3.05) is 51.6 Å². The Morgan fingerprint density at radius 3 is 2.75 bits per heavy atom. The van der Waals surface area contributed by atoms with Gasteiger partial charge in [0.05, 0.1) is 25.3 Å². The summed E-state index contributed by atoms with van der Waals surface area (Å²) < 4.78 is 24.2. The number of nitrogens with one attached hydrogen (secondary N) is 1. The highest BCUT2D eigenvalue weighted by atomic mass is 16.7. The van der Waals surface area contributed by atoms with E-state index in [0.717, 1.165) is 49.4 Å². The summed E-state index contributed by atoms with van der Waals surface area (Å²) in [6.45, 7) is 4.45. The van der Waals surface area contributed by atoms with Crippen LogP contribution < -0.4 is 24.7 Å². The molecule has 0 spiro atoms. The molecule has 7 rings (SSSR count). The minimum absolute atomic E-state index is 0.0578. The van der Waals surface area contributed by atoms with E-state index < -0.39 is 6.04 Å². The number of tetrazole rings is 1. The van der Waals surface area contributed by atoms with Gasteiger partial charge in [-0.2, -0.15) is 0 Å². The van der Waals surface area contributed by atoms with Crippen LogP contribution in [0.15, 0.2) is 47.3 Å². The molecular formula is C28H31N7O5. The van der Waals surface area contributed by atoms with Crippen LogP contribution >= 0.6 is 0 Å². The molecule has 3 aliphatic heterocycles. The monoisotopic (exact) mass is 545 g/mol. The predicted molar refractivity (Wildman–Crippen MR) is 146 cm³/mol. The molecule has 0 radical (unpaired) electrons. The zero-order chi connectivity index (χ0) is 27.1. The first-order chi connectivity index (χ1) is 19.7. The molecule has 2 aromatic carbocycles. The van der Waals surface area contributed by atoms with Crippen LogP contribution in [0.2, 0.25) is 0 Å². The molecule has 208 valence electrons. The first kappa shape index (κ1) is 24.9. The number of ether oxygens (including phenoxy) is 4. The van der Waals surface area contributed by atoms with Gasteiger partial charge in [0.1, 0.15) is 11.8 Å². The van der Waals surface area contributed by atoms with Crippen molar-refractivity contribution in [1.82, 2.24) is 30.1 Å². The number of fused-ring (bicyclic) bond motifs is 2. The number of hydrogen-bond acceptors (Lipinski definition) is 10. The maximum Gasteiger partial charge on any atom is 0.253 e. The lowest BCUT2D eigenvalue weighted by Gasteiger charge is -2.39. The molecule has 2 saturated heterocycles. The van der Waals surface area contributed by atoms with Gasteiger partial charge in [0.2, 0.25) is 6.79 Å². The lowest BCUT2D eigenvalue weighted by molar-refractivity contribution is 0.0906. The van der Waals surface area contributed by atoms with Crippen molar-refractivity contribution < 1.29 is 18.9 Å². The minimum atomic E-state index is -0.442.